The van der Waals surface area contributed by atoms with E-state index >= 15 is 0 Å². The number of hydrogen-bond donors (Lipinski definition) is 0. The Morgan fingerprint density at radius 2 is 1.97 bits per heavy atom. The van der Waals surface area contributed by atoms with E-state index in [1.165, 1.54) is 5.56 Å². The van der Waals surface area contributed by atoms with Crippen molar-refractivity contribution in [1.82, 2.24) is 24.9 Å². The number of pyridine rings is 1. The third-order valence-corrected chi connectivity index (χ3v) is 5.74. The molecule has 2 amide bonds. The summed E-state index contributed by atoms with van der Waals surface area (Å²) >= 11 is 0. The zero-order chi connectivity index (χ0) is 22.3. The largest absolute Gasteiger partial charge is 0.342 e. The van der Waals surface area contributed by atoms with E-state index in [4.69, 9.17) is 4.52 Å². The zero-order valence-corrected chi connectivity index (χ0v) is 18.2. The number of rotatable bonds is 8. The average molecular weight is 434 g/mol. The Hall–Kier alpha value is -3.55. The smallest absolute Gasteiger partial charge is 0.246 e. The summed E-state index contributed by atoms with van der Waals surface area (Å²) in [5, 5.41) is 3.99. The van der Waals surface area contributed by atoms with Crippen molar-refractivity contribution < 1.29 is 14.1 Å². The van der Waals surface area contributed by atoms with Crippen molar-refractivity contribution >= 4 is 11.8 Å². The molecule has 8 nitrogen and oxygen atoms in total. The van der Waals surface area contributed by atoms with Gasteiger partial charge in [0.1, 0.15) is 0 Å². The van der Waals surface area contributed by atoms with Gasteiger partial charge in [-0.25, -0.2) is 0 Å². The monoisotopic (exact) mass is 433 g/mol. The number of aryl methyl sites for hydroxylation is 1. The molecule has 0 unspecified atom stereocenters. The molecule has 1 aliphatic heterocycles. The van der Waals surface area contributed by atoms with Gasteiger partial charge in [-0.3, -0.25) is 14.6 Å². The Bertz CT molecular complexity index is 1040. The first kappa shape index (κ1) is 21.7. The highest BCUT2D eigenvalue weighted by molar-refractivity contribution is 5.83. The van der Waals surface area contributed by atoms with Gasteiger partial charge < -0.3 is 14.3 Å². The minimum Gasteiger partial charge on any atom is -0.342 e. The van der Waals surface area contributed by atoms with Crippen LogP contribution in [0.3, 0.4) is 0 Å². The predicted molar refractivity (Wildman–Crippen MR) is 118 cm³/mol. The Morgan fingerprint density at radius 3 is 2.75 bits per heavy atom. The van der Waals surface area contributed by atoms with Gasteiger partial charge in [0, 0.05) is 44.5 Å². The third kappa shape index (κ3) is 5.38. The maximum atomic E-state index is 13.0. The lowest BCUT2D eigenvalue weighted by atomic mass is 9.95. The highest BCUT2D eigenvalue weighted by atomic mass is 16.5. The van der Waals surface area contributed by atoms with Crippen molar-refractivity contribution in [2.45, 2.75) is 32.2 Å². The first-order chi connectivity index (χ1) is 15.6. The second-order valence-electron chi connectivity index (χ2n) is 8.11. The fraction of sp³-hybridized carbons (Fsp3) is 0.375. The van der Waals surface area contributed by atoms with Crippen LogP contribution in [-0.4, -0.2) is 56.9 Å². The fourth-order valence-electron chi connectivity index (χ4n) is 3.98. The van der Waals surface area contributed by atoms with Crippen LogP contribution in [0.15, 0.2) is 59.4 Å². The molecule has 1 saturated heterocycles. The van der Waals surface area contributed by atoms with Gasteiger partial charge in [0.2, 0.25) is 23.5 Å². The minimum atomic E-state index is -0.211. The molecule has 0 bridgehead atoms. The highest BCUT2D eigenvalue weighted by Gasteiger charge is 2.32. The zero-order valence-electron chi connectivity index (χ0n) is 18.2. The normalized spacial score (nSPS) is 16.2. The SMILES string of the molecule is CN(Cc1nc(-c2ccncc2)no1)C(=O)[C@@H]1CCC(=O)N(CCCc2ccccc2)C1. The van der Waals surface area contributed by atoms with Gasteiger partial charge in [-0.1, -0.05) is 35.5 Å². The van der Waals surface area contributed by atoms with Crippen LogP contribution in [0.25, 0.3) is 11.4 Å². The quantitative estimate of drug-likeness (QED) is 0.542. The summed E-state index contributed by atoms with van der Waals surface area (Å²) in [6.07, 6.45) is 6.10. The molecule has 0 saturated carbocycles. The van der Waals surface area contributed by atoms with Crippen LogP contribution in [0.5, 0.6) is 0 Å². The molecule has 0 radical (unpaired) electrons. The van der Waals surface area contributed by atoms with Crippen molar-refractivity contribution in [1.29, 1.82) is 0 Å². The van der Waals surface area contributed by atoms with E-state index in [1.54, 1.807) is 36.5 Å². The van der Waals surface area contributed by atoms with Gasteiger partial charge in [-0.05, 0) is 37.0 Å². The topological polar surface area (TPSA) is 92.4 Å². The van der Waals surface area contributed by atoms with E-state index in [9.17, 15) is 9.59 Å². The number of benzene rings is 1. The van der Waals surface area contributed by atoms with Gasteiger partial charge in [0.05, 0.1) is 12.5 Å². The number of nitrogens with zero attached hydrogens (tertiary/aromatic N) is 5. The van der Waals surface area contributed by atoms with E-state index in [0.29, 0.717) is 37.6 Å². The van der Waals surface area contributed by atoms with Crippen LogP contribution in [0, 0.1) is 5.92 Å². The Labute approximate surface area is 187 Å². The van der Waals surface area contributed by atoms with Crippen LogP contribution in [0.4, 0.5) is 0 Å². The Kier molecular flexibility index (Phi) is 6.89. The van der Waals surface area contributed by atoms with Crippen molar-refractivity contribution in [3.63, 3.8) is 0 Å². The van der Waals surface area contributed by atoms with E-state index in [1.807, 2.05) is 23.1 Å². The van der Waals surface area contributed by atoms with E-state index in [0.717, 1.165) is 18.4 Å². The van der Waals surface area contributed by atoms with Crippen LogP contribution >= 0.6 is 0 Å². The molecule has 166 valence electrons. The van der Waals surface area contributed by atoms with Gasteiger partial charge in [0.15, 0.2) is 0 Å². The minimum absolute atomic E-state index is 0.00535. The molecule has 32 heavy (non-hydrogen) atoms. The molecule has 0 spiro atoms. The van der Waals surface area contributed by atoms with Crippen molar-refractivity contribution in [2.75, 3.05) is 20.1 Å². The summed E-state index contributed by atoms with van der Waals surface area (Å²) < 4.78 is 5.32. The fourth-order valence-corrected chi connectivity index (χ4v) is 3.98. The molecule has 8 heteroatoms. The second-order valence-corrected chi connectivity index (χ2v) is 8.11. The molecule has 1 fully saturated rings. The Morgan fingerprint density at radius 1 is 1.19 bits per heavy atom. The molecule has 3 aromatic rings. The second kappa shape index (κ2) is 10.2. The molecule has 1 aliphatic rings. The first-order valence-corrected chi connectivity index (χ1v) is 10.9. The molecule has 0 aliphatic carbocycles. The Balaban J connectivity index is 1.30. The van der Waals surface area contributed by atoms with E-state index in [2.05, 4.69) is 27.3 Å². The van der Waals surface area contributed by atoms with Gasteiger partial charge in [-0.2, -0.15) is 4.98 Å². The average Bonchev–Trinajstić information content (AvgIpc) is 3.29. The summed E-state index contributed by atoms with van der Waals surface area (Å²) in [5.41, 5.74) is 2.07. The van der Waals surface area contributed by atoms with Gasteiger partial charge in [-0.15, -0.1) is 0 Å². The molecular formula is C24H27N5O3. The molecule has 0 N–H and O–H groups in total. The molecule has 4 rings (SSSR count). The predicted octanol–water partition coefficient (Wildman–Crippen LogP) is 2.96. The standard InChI is InChI=1S/C24H27N5O3/c1-28(17-21-26-23(27-32-21)19-11-13-25-14-12-19)24(31)20-9-10-22(30)29(16-20)15-5-8-18-6-3-2-4-7-18/h2-4,6-7,11-14,20H,5,8-10,15-17H2,1H3/t20-/m1/s1. The molecular weight excluding hydrogens is 406 g/mol. The lowest BCUT2D eigenvalue weighted by Gasteiger charge is -2.33. The van der Waals surface area contributed by atoms with Crippen molar-refractivity contribution in [2.24, 2.45) is 5.92 Å². The summed E-state index contributed by atoms with van der Waals surface area (Å²) in [5.74, 6) is 0.755. The number of carbonyl (C=O) groups excluding carboxylic acids is 2. The van der Waals surface area contributed by atoms with Gasteiger partial charge in [0.25, 0.3) is 0 Å². The maximum absolute atomic E-state index is 13.0. The number of hydrogen-bond acceptors (Lipinski definition) is 6. The maximum Gasteiger partial charge on any atom is 0.246 e. The first-order valence-electron chi connectivity index (χ1n) is 10.9. The third-order valence-electron chi connectivity index (χ3n) is 5.74. The lowest BCUT2D eigenvalue weighted by Crippen LogP contribution is -2.46. The number of aromatic nitrogens is 3. The number of piperidine rings is 1. The highest BCUT2D eigenvalue weighted by Crippen LogP contribution is 2.21. The van der Waals surface area contributed by atoms with Crippen LogP contribution in [0.2, 0.25) is 0 Å². The summed E-state index contributed by atoms with van der Waals surface area (Å²) in [4.78, 5) is 37.2. The lowest BCUT2D eigenvalue weighted by molar-refractivity contribution is -0.142. The molecule has 1 aromatic carbocycles. The van der Waals surface area contributed by atoms with Crippen LogP contribution in [0.1, 0.15) is 30.7 Å². The molecule has 2 aromatic heterocycles. The number of carbonyl (C=O) groups is 2. The summed E-state index contributed by atoms with van der Waals surface area (Å²) in [7, 11) is 1.73. The van der Waals surface area contributed by atoms with Gasteiger partial charge >= 0.3 is 0 Å². The van der Waals surface area contributed by atoms with E-state index < -0.39 is 0 Å². The molecule has 1 atom stereocenters. The summed E-state index contributed by atoms with van der Waals surface area (Å²) in [6, 6.07) is 13.8. The number of amides is 2. The van der Waals surface area contributed by atoms with E-state index in [-0.39, 0.29) is 24.3 Å². The van der Waals surface area contributed by atoms with Crippen LogP contribution in [-0.2, 0) is 22.6 Å². The molecule has 3 heterocycles. The van der Waals surface area contributed by atoms with Crippen molar-refractivity contribution in [3.8, 4) is 11.4 Å². The summed E-state index contributed by atoms with van der Waals surface area (Å²) in [6.45, 7) is 1.36. The van der Waals surface area contributed by atoms with Crippen LogP contribution < -0.4 is 0 Å². The van der Waals surface area contributed by atoms with Crippen molar-refractivity contribution in [3.05, 3.63) is 66.3 Å². The number of likely N-dealkylation sites (tertiary alicyclic amines) is 1.